The Balaban J connectivity index is 2.34. The molecule has 1 saturated heterocycles. The van der Waals surface area contributed by atoms with Gasteiger partial charge in [-0.05, 0) is 44.7 Å². The van der Waals surface area contributed by atoms with E-state index in [0.717, 1.165) is 12.0 Å². The zero-order chi connectivity index (χ0) is 10.6. The third kappa shape index (κ3) is 3.23. The van der Waals surface area contributed by atoms with Crippen molar-refractivity contribution >= 4 is 15.9 Å². The second kappa shape index (κ2) is 6.12. The molecule has 1 heterocycles. The number of likely N-dealkylation sites (tertiary alicyclic amines) is 1. The number of nitrogens with zero attached hydrogens (tertiary/aromatic N) is 1. The van der Waals surface area contributed by atoms with E-state index < -0.39 is 0 Å². The Morgan fingerprint density at radius 1 is 1.21 bits per heavy atom. The molecule has 0 aromatic carbocycles. The number of hydrogen-bond donors (Lipinski definition) is 0. The molecule has 1 atom stereocenters. The summed E-state index contributed by atoms with van der Waals surface area (Å²) in [5.41, 5.74) is 0. The van der Waals surface area contributed by atoms with Crippen LogP contribution in [0.5, 0.6) is 0 Å². The van der Waals surface area contributed by atoms with Crippen molar-refractivity contribution in [1.29, 1.82) is 0 Å². The summed E-state index contributed by atoms with van der Waals surface area (Å²) in [5, 5.41) is 0. The van der Waals surface area contributed by atoms with Gasteiger partial charge < -0.3 is 4.90 Å². The van der Waals surface area contributed by atoms with Gasteiger partial charge in [-0.1, -0.05) is 36.7 Å². The molecule has 1 nitrogen and oxygen atoms in total. The van der Waals surface area contributed by atoms with Crippen LogP contribution in [-0.4, -0.2) is 28.9 Å². The standard InChI is InChI=1S/C12H24BrN/c1-4-12(5-2)14-8-6-11(7-9-14)10(3)13/h10-12H,4-9H2,1-3H3. The smallest absolute Gasteiger partial charge is 0.0146 e. The van der Waals surface area contributed by atoms with E-state index in [1.807, 2.05) is 0 Å². The monoisotopic (exact) mass is 261 g/mol. The van der Waals surface area contributed by atoms with Crippen molar-refractivity contribution in [3.8, 4) is 0 Å². The summed E-state index contributed by atoms with van der Waals surface area (Å²) >= 11 is 3.71. The minimum Gasteiger partial charge on any atom is -0.300 e. The minimum absolute atomic E-state index is 0.700. The average Bonchev–Trinajstić information content (AvgIpc) is 2.20. The van der Waals surface area contributed by atoms with E-state index in [2.05, 4.69) is 41.6 Å². The Morgan fingerprint density at radius 3 is 2.07 bits per heavy atom. The van der Waals surface area contributed by atoms with Crippen molar-refractivity contribution in [3.05, 3.63) is 0 Å². The second-order valence-electron chi connectivity index (χ2n) is 4.52. The Bertz CT molecular complexity index is 146. The van der Waals surface area contributed by atoms with Gasteiger partial charge in [0.2, 0.25) is 0 Å². The van der Waals surface area contributed by atoms with Crippen molar-refractivity contribution in [2.75, 3.05) is 13.1 Å². The van der Waals surface area contributed by atoms with Crippen LogP contribution in [0.3, 0.4) is 0 Å². The van der Waals surface area contributed by atoms with Gasteiger partial charge in [0.15, 0.2) is 0 Å². The predicted molar refractivity (Wildman–Crippen MR) is 67.1 cm³/mol. The molecule has 14 heavy (non-hydrogen) atoms. The zero-order valence-electron chi connectivity index (χ0n) is 9.80. The summed E-state index contributed by atoms with van der Waals surface area (Å²) in [4.78, 5) is 3.39. The summed E-state index contributed by atoms with van der Waals surface area (Å²) in [6.45, 7) is 9.54. The molecular formula is C12H24BrN. The number of piperidine rings is 1. The van der Waals surface area contributed by atoms with Crippen LogP contribution >= 0.6 is 15.9 Å². The Kier molecular flexibility index (Phi) is 5.47. The highest BCUT2D eigenvalue weighted by atomic mass is 79.9. The molecular weight excluding hydrogens is 238 g/mol. The molecule has 0 spiro atoms. The molecule has 0 amide bonds. The molecule has 0 radical (unpaired) electrons. The average molecular weight is 262 g/mol. The van der Waals surface area contributed by atoms with Gasteiger partial charge in [-0.25, -0.2) is 0 Å². The van der Waals surface area contributed by atoms with Crippen molar-refractivity contribution < 1.29 is 0 Å². The molecule has 0 saturated carbocycles. The van der Waals surface area contributed by atoms with Crippen LogP contribution in [0.2, 0.25) is 0 Å². The summed E-state index contributed by atoms with van der Waals surface area (Å²) < 4.78 is 0. The van der Waals surface area contributed by atoms with Gasteiger partial charge in [0.1, 0.15) is 0 Å². The van der Waals surface area contributed by atoms with E-state index in [0.29, 0.717) is 4.83 Å². The van der Waals surface area contributed by atoms with Gasteiger partial charge in [0.05, 0.1) is 0 Å². The molecule has 1 rings (SSSR count). The van der Waals surface area contributed by atoms with Crippen molar-refractivity contribution in [2.24, 2.45) is 5.92 Å². The molecule has 0 aromatic rings. The third-order valence-electron chi connectivity index (χ3n) is 3.68. The van der Waals surface area contributed by atoms with Crippen molar-refractivity contribution in [3.63, 3.8) is 0 Å². The van der Waals surface area contributed by atoms with Crippen molar-refractivity contribution in [2.45, 2.75) is 57.3 Å². The predicted octanol–water partition coefficient (Wildman–Crippen LogP) is 3.67. The molecule has 1 aliphatic heterocycles. The molecule has 2 heteroatoms. The Hall–Kier alpha value is 0.440. The van der Waals surface area contributed by atoms with Crippen LogP contribution < -0.4 is 0 Å². The lowest BCUT2D eigenvalue weighted by Crippen LogP contribution is -2.42. The minimum atomic E-state index is 0.700. The van der Waals surface area contributed by atoms with Gasteiger partial charge in [0, 0.05) is 10.9 Å². The lowest BCUT2D eigenvalue weighted by molar-refractivity contribution is 0.126. The van der Waals surface area contributed by atoms with Crippen LogP contribution in [-0.2, 0) is 0 Å². The molecule has 1 aliphatic rings. The third-order valence-corrected chi connectivity index (χ3v) is 4.43. The van der Waals surface area contributed by atoms with Crippen LogP contribution in [0.15, 0.2) is 0 Å². The Labute approximate surface area is 97.4 Å². The SMILES string of the molecule is CCC(CC)N1CCC(C(C)Br)CC1. The fourth-order valence-electron chi connectivity index (χ4n) is 2.55. The molecule has 0 aromatic heterocycles. The van der Waals surface area contributed by atoms with E-state index >= 15 is 0 Å². The number of rotatable bonds is 4. The molecule has 0 aliphatic carbocycles. The van der Waals surface area contributed by atoms with E-state index in [-0.39, 0.29) is 0 Å². The maximum Gasteiger partial charge on any atom is 0.0146 e. The second-order valence-corrected chi connectivity index (χ2v) is 5.97. The highest BCUT2D eigenvalue weighted by molar-refractivity contribution is 9.09. The first kappa shape index (κ1) is 12.5. The van der Waals surface area contributed by atoms with Gasteiger partial charge in [-0.2, -0.15) is 0 Å². The zero-order valence-corrected chi connectivity index (χ0v) is 11.4. The van der Waals surface area contributed by atoms with Crippen LogP contribution in [0.4, 0.5) is 0 Å². The highest BCUT2D eigenvalue weighted by Crippen LogP contribution is 2.26. The first-order valence-corrected chi connectivity index (χ1v) is 6.98. The van der Waals surface area contributed by atoms with E-state index in [1.54, 1.807) is 0 Å². The largest absolute Gasteiger partial charge is 0.300 e. The maximum atomic E-state index is 3.71. The first-order chi connectivity index (χ1) is 6.69. The number of alkyl halides is 1. The highest BCUT2D eigenvalue weighted by Gasteiger charge is 2.25. The lowest BCUT2D eigenvalue weighted by atomic mass is 9.93. The topological polar surface area (TPSA) is 3.24 Å². The quantitative estimate of drug-likeness (QED) is 0.699. The normalized spacial score (nSPS) is 22.9. The van der Waals surface area contributed by atoms with Gasteiger partial charge in [0.25, 0.3) is 0 Å². The van der Waals surface area contributed by atoms with E-state index in [9.17, 15) is 0 Å². The fraction of sp³-hybridized carbons (Fsp3) is 1.00. The molecule has 1 fully saturated rings. The molecule has 0 bridgehead atoms. The lowest BCUT2D eigenvalue weighted by Gasteiger charge is -2.37. The first-order valence-electron chi connectivity index (χ1n) is 6.07. The summed E-state index contributed by atoms with van der Waals surface area (Å²) in [7, 11) is 0. The van der Waals surface area contributed by atoms with Crippen LogP contribution in [0, 0.1) is 5.92 Å². The van der Waals surface area contributed by atoms with Gasteiger partial charge in [-0.3, -0.25) is 0 Å². The summed E-state index contributed by atoms with van der Waals surface area (Å²) in [6, 6.07) is 0.835. The van der Waals surface area contributed by atoms with Gasteiger partial charge >= 0.3 is 0 Å². The van der Waals surface area contributed by atoms with Crippen LogP contribution in [0.1, 0.15) is 46.5 Å². The van der Waals surface area contributed by atoms with Crippen molar-refractivity contribution in [1.82, 2.24) is 4.90 Å². The van der Waals surface area contributed by atoms with E-state index in [4.69, 9.17) is 0 Å². The Morgan fingerprint density at radius 2 is 1.71 bits per heavy atom. The van der Waals surface area contributed by atoms with Crippen LogP contribution in [0.25, 0.3) is 0 Å². The summed E-state index contributed by atoms with van der Waals surface area (Å²) in [5.74, 6) is 0.903. The maximum absolute atomic E-state index is 3.71. The summed E-state index contributed by atoms with van der Waals surface area (Å²) in [6.07, 6.45) is 5.38. The molecule has 1 unspecified atom stereocenters. The molecule has 0 N–H and O–H groups in total. The number of halogens is 1. The van der Waals surface area contributed by atoms with Gasteiger partial charge in [-0.15, -0.1) is 0 Å². The molecule has 84 valence electrons. The van der Waals surface area contributed by atoms with E-state index in [1.165, 1.54) is 38.8 Å². The fourth-order valence-corrected chi connectivity index (χ4v) is 3.08. The number of hydrogen-bond acceptors (Lipinski definition) is 1.